The van der Waals surface area contributed by atoms with Crippen molar-refractivity contribution >= 4 is 7.82 Å². The Balaban J connectivity index is -0.000000245. The van der Waals surface area contributed by atoms with Crippen LogP contribution in [0.4, 0.5) is 0 Å². The molecule has 2 aromatic rings. The summed E-state index contributed by atoms with van der Waals surface area (Å²) < 4.78 is 15.2. The second-order valence-corrected chi connectivity index (χ2v) is 6.05. The maximum Gasteiger partial charge on any atom is 1.00 e. The van der Waals surface area contributed by atoms with Gasteiger partial charge in [-0.2, -0.15) is 0 Å². The molecule has 0 aliphatic rings. The predicted molar refractivity (Wildman–Crippen MR) is 82.0 cm³/mol. The Morgan fingerprint density at radius 1 is 0.870 bits per heavy atom. The zero-order chi connectivity index (χ0) is 14.8. The van der Waals surface area contributed by atoms with Crippen molar-refractivity contribution in [2.24, 2.45) is 0 Å². The molecule has 0 amide bonds. The minimum absolute atomic E-state index is 0. The van der Waals surface area contributed by atoms with E-state index in [0.717, 1.165) is 11.1 Å². The van der Waals surface area contributed by atoms with Gasteiger partial charge in [-0.15, -0.1) is 0 Å². The molecular formula is C15H20Li3O4P. The fourth-order valence-corrected chi connectivity index (χ4v) is 2.30. The van der Waals surface area contributed by atoms with E-state index in [1.54, 1.807) is 24.3 Å². The summed E-state index contributed by atoms with van der Waals surface area (Å²) in [6, 6.07) is 14.9. The fourth-order valence-electron chi connectivity index (χ4n) is 1.91. The van der Waals surface area contributed by atoms with E-state index >= 15 is 0 Å². The molecule has 0 bridgehead atoms. The summed E-state index contributed by atoms with van der Waals surface area (Å²) in [5.41, 5.74) is 3.30. The average molecular weight is 316 g/mol. The largest absolute Gasteiger partial charge is 1.00 e. The molecule has 2 aromatic carbocycles. The number of rotatable bonds is 4. The Morgan fingerprint density at radius 2 is 1.26 bits per heavy atom. The first-order valence-electron chi connectivity index (χ1n) is 6.31. The van der Waals surface area contributed by atoms with E-state index in [1.165, 1.54) is 5.56 Å². The first-order valence-corrected chi connectivity index (χ1v) is 7.84. The van der Waals surface area contributed by atoms with E-state index in [9.17, 15) is 4.57 Å². The van der Waals surface area contributed by atoms with Crippen LogP contribution in [0, 0.1) is 0 Å². The van der Waals surface area contributed by atoms with Crippen LogP contribution in [0.15, 0.2) is 48.5 Å². The molecule has 8 heteroatoms. The van der Waals surface area contributed by atoms with Crippen LogP contribution in [0.1, 0.15) is 29.6 Å². The Kier molecular flexibility index (Phi) is 12.1. The van der Waals surface area contributed by atoms with E-state index < -0.39 is 7.82 Å². The summed E-state index contributed by atoms with van der Waals surface area (Å²) in [5.74, 6) is 0.643. The van der Waals surface area contributed by atoms with Crippen molar-refractivity contribution in [2.45, 2.75) is 19.8 Å². The zero-order valence-electron chi connectivity index (χ0n) is 17.4. The molecule has 0 unspecified atom stereocenters. The topological polar surface area (TPSA) is 66.8 Å². The van der Waals surface area contributed by atoms with Crippen molar-refractivity contribution in [3.63, 3.8) is 0 Å². The van der Waals surface area contributed by atoms with Gasteiger partial charge in [0.2, 0.25) is 0 Å². The van der Waals surface area contributed by atoms with Crippen molar-refractivity contribution in [3.8, 4) is 16.9 Å². The van der Waals surface area contributed by atoms with Gasteiger partial charge in [0.15, 0.2) is 0 Å². The molecule has 2 rings (SSSR count). The molecule has 23 heavy (non-hydrogen) atoms. The number of hydrogen-bond acceptors (Lipinski definition) is 2. The van der Waals surface area contributed by atoms with Crippen molar-refractivity contribution in [1.29, 1.82) is 0 Å². The Labute approximate surface area is 177 Å². The van der Waals surface area contributed by atoms with Crippen LogP contribution in [0.2, 0.25) is 0 Å². The molecule has 0 saturated carbocycles. The van der Waals surface area contributed by atoms with Gasteiger partial charge in [0.25, 0.3) is 0 Å². The summed E-state index contributed by atoms with van der Waals surface area (Å²) >= 11 is 0. The van der Waals surface area contributed by atoms with Crippen LogP contribution < -0.4 is 61.1 Å². The molecule has 112 valence electrons. The van der Waals surface area contributed by atoms with Crippen molar-refractivity contribution in [3.05, 3.63) is 54.1 Å². The summed E-state index contributed by atoms with van der Waals surface area (Å²) in [7, 11) is -4.49. The van der Waals surface area contributed by atoms with E-state index in [2.05, 4.69) is 30.5 Å². The van der Waals surface area contributed by atoms with E-state index in [4.69, 9.17) is 9.79 Å². The number of phosphoric acid groups is 1. The second-order valence-electron chi connectivity index (χ2n) is 4.88. The molecule has 0 heterocycles. The third kappa shape index (κ3) is 8.21. The van der Waals surface area contributed by atoms with Gasteiger partial charge in [-0.25, -0.2) is 4.57 Å². The second kappa shape index (κ2) is 10.9. The molecule has 0 radical (unpaired) electrons. The Morgan fingerprint density at radius 3 is 1.61 bits per heavy atom. The van der Waals surface area contributed by atoms with E-state index in [0.29, 0.717) is 5.92 Å². The van der Waals surface area contributed by atoms with Crippen LogP contribution in [-0.2, 0) is 4.57 Å². The van der Waals surface area contributed by atoms with Gasteiger partial charge >= 0.3 is 64.4 Å². The van der Waals surface area contributed by atoms with Crippen LogP contribution in [-0.4, -0.2) is 9.79 Å². The molecule has 0 fully saturated rings. The van der Waals surface area contributed by atoms with Crippen LogP contribution in [0.25, 0.3) is 11.1 Å². The molecular weight excluding hydrogens is 296 g/mol. The zero-order valence-corrected chi connectivity index (χ0v) is 15.2. The van der Waals surface area contributed by atoms with Gasteiger partial charge in [0.1, 0.15) is 5.75 Å². The van der Waals surface area contributed by atoms with Crippen molar-refractivity contribution in [2.75, 3.05) is 0 Å². The standard InChI is InChI=1S/C15H17O4P.3Li.3H/c1-11(2)12-3-5-13(6-4-12)14-7-9-15(10-8-14)19-20(16,17)18;;;;;;/h3-11H,1-2H3,(H2,16,17,18);;;;;;/q;3*+1;3*-1. The fraction of sp³-hybridized carbons (Fsp3) is 0.200. The first-order chi connectivity index (χ1) is 9.35. The number of phosphoric ester groups is 1. The Hall–Kier alpha value is 0.182. The number of hydrogen-bond donors (Lipinski definition) is 2. The first kappa shape index (κ1) is 25.4. The van der Waals surface area contributed by atoms with Gasteiger partial charge < -0.3 is 8.80 Å². The van der Waals surface area contributed by atoms with Gasteiger partial charge in [-0.05, 0) is 34.7 Å². The molecule has 0 atom stereocenters. The molecule has 0 aliphatic carbocycles. The van der Waals surface area contributed by atoms with E-state index in [-0.39, 0.29) is 66.6 Å². The van der Waals surface area contributed by atoms with Crippen LogP contribution >= 0.6 is 7.82 Å². The minimum Gasteiger partial charge on any atom is -1.00 e. The van der Waals surface area contributed by atoms with Gasteiger partial charge in [-0.3, -0.25) is 9.79 Å². The average Bonchev–Trinajstić information content (AvgIpc) is 2.38. The third-order valence-corrected chi connectivity index (χ3v) is 3.44. The monoisotopic (exact) mass is 316 g/mol. The van der Waals surface area contributed by atoms with Crippen molar-refractivity contribution in [1.82, 2.24) is 0 Å². The normalized spacial score (nSPS) is 10.1. The van der Waals surface area contributed by atoms with E-state index in [1.807, 2.05) is 12.1 Å². The predicted octanol–water partition coefficient (Wildman–Crippen LogP) is -4.70. The smallest absolute Gasteiger partial charge is 1.00 e. The number of benzene rings is 2. The van der Waals surface area contributed by atoms with Crippen LogP contribution in [0.5, 0.6) is 5.75 Å². The molecule has 2 N–H and O–H groups in total. The summed E-state index contributed by atoms with van der Waals surface area (Å²) in [4.78, 5) is 17.5. The summed E-state index contributed by atoms with van der Waals surface area (Å²) in [6.45, 7) is 4.28. The minimum atomic E-state index is -4.49. The maximum absolute atomic E-state index is 10.7. The van der Waals surface area contributed by atoms with Crippen molar-refractivity contribution < 1.29 is 79.7 Å². The SMILES string of the molecule is CC(C)c1ccc(-c2ccc(OP(=O)(O)O)cc2)cc1.[H-].[H-].[H-].[Li+].[Li+].[Li+]. The molecule has 0 aliphatic heterocycles. The van der Waals surface area contributed by atoms with Gasteiger partial charge in [0, 0.05) is 0 Å². The summed E-state index contributed by atoms with van der Waals surface area (Å²) in [5, 5.41) is 0. The van der Waals surface area contributed by atoms with Crippen LogP contribution in [0.3, 0.4) is 0 Å². The van der Waals surface area contributed by atoms with Gasteiger partial charge in [-0.1, -0.05) is 50.2 Å². The molecule has 0 spiro atoms. The maximum atomic E-state index is 10.7. The summed E-state index contributed by atoms with van der Waals surface area (Å²) in [6.07, 6.45) is 0. The van der Waals surface area contributed by atoms with Gasteiger partial charge in [0.05, 0.1) is 0 Å². The quantitative estimate of drug-likeness (QED) is 0.439. The molecule has 0 aromatic heterocycles. The molecule has 4 nitrogen and oxygen atoms in total. The third-order valence-electron chi connectivity index (χ3n) is 2.99. The molecule has 0 saturated heterocycles. The Bertz CT molecular complexity index is 638.